The van der Waals surface area contributed by atoms with E-state index in [0.717, 1.165) is 4.57 Å². The molecule has 0 saturated carbocycles. The number of fused-ring (bicyclic) bond motifs is 2. The molecule has 164 valence electrons. The zero-order valence-electron chi connectivity index (χ0n) is 17.0. The third-order valence-corrected chi connectivity index (χ3v) is 4.60. The molecule has 0 fully saturated rings. The number of rotatable bonds is 5. The van der Waals surface area contributed by atoms with E-state index in [1.165, 1.54) is 25.3 Å². The number of aryl methyl sites for hydroxylation is 1. The molecule has 0 aromatic carbocycles. The van der Waals surface area contributed by atoms with Crippen LogP contribution in [0.5, 0.6) is 0 Å². The van der Waals surface area contributed by atoms with Gasteiger partial charge in [0.1, 0.15) is 29.1 Å². The standard InChI is InChI=1S/C19H20F4N8/c1-10-26-13-5-4-12(27-16(13)30(10)9-19(21,22)23)11-6-7-31-14(11)15(24)28-17(29-31)25-8-18(2,3)20/h4-7H,8-9H2,1-3H3,(H3,24,25,28,29). The lowest BCUT2D eigenvalue weighted by atomic mass is 10.2. The van der Waals surface area contributed by atoms with Crippen molar-refractivity contribution in [3.63, 3.8) is 0 Å². The van der Waals surface area contributed by atoms with Gasteiger partial charge in [-0.3, -0.25) is 0 Å². The smallest absolute Gasteiger partial charge is 0.382 e. The molecule has 4 heterocycles. The highest BCUT2D eigenvalue weighted by Crippen LogP contribution is 2.30. The van der Waals surface area contributed by atoms with E-state index in [1.807, 2.05) is 0 Å². The number of nitrogens with one attached hydrogen (secondary N) is 1. The van der Waals surface area contributed by atoms with Crippen molar-refractivity contribution in [2.24, 2.45) is 0 Å². The minimum atomic E-state index is -4.41. The summed E-state index contributed by atoms with van der Waals surface area (Å²) in [7, 11) is 0. The fourth-order valence-corrected chi connectivity index (χ4v) is 3.26. The SMILES string of the molecule is Cc1nc2ccc(-c3ccn4nc(NCC(C)(C)F)nc(N)c34)nc2n1CC(F)(F)F. The monoisotopic (exact) mass is 436 g/mol. The topological polar surface area (TPSA) is 98.9 Å². The highest BCUT2D eigenvalue weighted by Gasteiger charge is 2.30. The summed E-state index contributed by atoms with van der Waals surface area (Å²) in [4.78, 5) is 12.7. The van der Waals surface area contributed by atoms with Crippen molar-refractivity contribution in [1.29, 1.82) is 0 Å². The van der Waals surface area contributed by atoms with Gasteiger partial charge >= 0.3 is 6.18 Å². The first-order chi connectivity index (χ1) is 14.4. The number of hydrogen-bond donors (Lipinski definition) is 2. The molecule has 0 atom stereocenters. The van der Waals surface area contributed by atoms with Crippen LogP contribution < -0.4 is 11.1 Å². The number of anilines is 2. The fourth-order valence-electron chi connectivity index (χ4n) is 3.26. The Hall–Kier alpha value is -3.44. The van der Waals surface area contributed by atoms with E-state index in [-0.39, 0.29) is 29.8 Å². The van der Waals surface area contributed by atoms with Crippen molar-refractivity contribution in [3.05, 3.63) is 30.2 Å². The number of aromatic nitrogens is 6. The Balaban J connectivity index is 1.77. The molecule has 0 aliphatic carbocycles. The Labute approximate surface area is 174 Å². The van der Waals surface area contributed by atoms with Gasteiger partial charge in [0.05, 0.1) is 12.2 Å². The summed E-state index contributed by atoms with van der Waals surface area (Å²) in [5.74, 6) is 0.490. The second-order valence-electron chi connectivity index (χ2n) is 7.82. The molecule has 0 aliphatic heterocycles. The van der Waals surface area contributed by atoms with Crippen LogP contribution in [0, 0.1) is 6.92 Å². The summed E-state index contributed by atoms with van der Waals surface area (Å²) in [6, 6.07) is 4.95. The lowest BCUT2D eigenvalue weighted by molar-refractivity contribution is -0.140. The van der Waals surface area contributed by atoms with Gasteiger partial charge in [0.15, 0.2) is 11.5 Å². The Kier molecular flexibility index (Phi) is 4.74. The number of hydrogen-bond acceptors (Lipinski definition) is 6. The van der Waals surface area contributed by atoms with Crippen molar-refractivity contribution in [2.45, 2.75) is 39.2 Å². The molecular formula is C19H20F4N8. The molecule has 0 radical (unpaired) electrons. The molecule has 8 nitrogen and oxygen atoms in total. The molecule has 0 amide bonds. The van der Waals surface area contributed by atoms with Gasteiger partial charge in [0.25, 0.3) is 0 Å². The largest absolute Gasteiger partial charge is 0.406 e. The molecule has 4 rings (SSSR count). The first-order valence-electron chi connectivity index (χ1n) is 9.40. The molecule has 0 aliphatic rings. The predicted octanol–water partition coefficient (Wildman–Crippen LogP) is 3.75. The van der Waals surface area contributed by atoms with Gasteiger partial charge < -0.3 is 15.6 Å². The minimum absolute atomic E-state index is 0.00710. The van der Waals surface area contributed by atoms with Crippen LogP contribution in [0.2, 0.25) is 0 Å². The third kappa shape index (κ3) is 4.23. The molecule has 0 bridgehead atoms. The predicted molar refractivity (Wildman–Crippen MR) is 108 cm³/mol. The summed E-state index contributed by atoms with van der Waals surface area (Å²) in [5, 5.41) is 7.06. The van der Waals surface area contributed by atoms with Crippen LogP contribution in [0.15, 0.2) is 24.4 Å². The first-order valence-corrected chi connectivity index (χ1v) is 9.40. The van der Waals surface area contributed by atoms with Crippen LogP contribution in [0.4, 0.5) is 29.3 Å². The van der Waals surface area contributed by atoms with E-state index in [1.54, 1.807) is 24.4 Å². The molecule has 12 heteroatoms. The van der Waals surface area contributed by atoms with Gasteiger partial charge in [-0.2, -0.15) is 18.2 Å². The van der Waals surface area contributed by atoms with Gasteiger partial charge in [-0.25, -0.2) is 18.9 Å². The quantitative estimate of drug-likeness (QED) is 0.463. The van der Waals surface area contributed by atoms with Crippen molar-refractivity contribution in [3.8, 4) is 11.3 Å². The zero-order chi connectivity index (χ0) is 22.6. The van der Waals surface area contributed by atoms with Crippen LogP contribution in [0.1, 0.15) is 19.7 Å². The number of nitrogens with zero attached hydrogens (tertiary/aromatic N) is 6. The van der Waals surface area contributed by atoms with Gasteiger partial charge in [0, 0.05) is 11.8 Å². The van der Waals surface area contributed by atoms with Crippen molar-refractivity contribution in [2.75, 3.05) is 17.6 Å². The minimum Gasteiger partial charge on any atom is -0.382 e. The fraction of sp³-hybridized carbons (Fsp3) is 0.368. The third-order valence-electron chi connectivity index (χ3n) is 4.60. The van der Waals surface area contributed by atoms with E-state index >= 15 is 0 Å². The normalized spacial score (nSPS) is 12.7. The Morgan fingerprint density at radius 3 is 2.48 bits per heavy atom. The van der Waals surface area contributed by atoms with Crippen LogP contribution in [-0.2, 0) is 6.54 Å². The Morgan fingerprint density at radius 2 is 1.81 bits per heavy atom. The lowest BCUT2D eigenvalue weighted by Crippen LogP contribution is -2.25. The summed E-state index contributed by atoms with van der Waals surface area (Å²) in [6.45, 7) is 3.14. The Morgan fingerprint density at radius 1 is 1.06 bits per heavy atom. The number of alkyl halides is 4. The van der Waals surface area contributed by atoms with E-state index in [0.29, 0.717) is 22.3 Å². The van der Waals surface area contributed by atoms with E-state index in [9.17, 15) is 17.6 Å². The van der Waals surface area contributed by atoms with Gasteiger partial charge in [-0.05, 0) is 39.0 Å². The zero-order valence-corrected chi connectivity index (χ0v) is 17.0. The highest BCUT2D eigenvalue weighted by atomic mass is 19.4. The molecule has 0 saturated heterocycles. The summed E-state index contributed by atoms with van der Waals surface area (Å²) in [5.41, 5.74) is 6.51. The second-order valence-corrected chi connectivity index (χ2v) is 7.82. The number of imidazole rings is 1. The van der Waals surface area contributed by atoms with Crippen LogP contribution >= 0.6 is 0 Å². The summed E-state index contributed by atoms with van der Waals surface area (Å²) < 4.78 is 55.2. The van der Waals surface area contributed by atoms with Gasteiger partial charge in [0.2, 0.25) is 5.95 Å². The number of nitrogen functional groups attached to an aromatic ring is 1. The maximum atomic E-state index is 13.7. The van der Waals surface area contributed by atoms with Crippen LogP contribution in [0.3, 0.4) is 0 Å². The van der Waals surface area contributed by atoms with Crippen LogP contribution in [0.25, 0.3) is 27.9 Å². The van der Waals surface area contributed by atoms with Crippen LogP contribution in [-0.4, -0.2) is 47.5 Å². The lowest BCUT2D eigenvalue weighted by Gasteiger charge is -2.15. The molecule has 0 spiro atoms. The molecule has 0 unspecified atom stereocenters. The second kappa shape index (κ2) is 7.06. The average molecular weight is 436 g/mol. The number of nitrogens with two attached hydrogens (primary N) is 1. The maximum Gasteiger partial charge on any atom is 0.406 e. The molecular weight excluding hydrogens is 416 g/mol. The maximum absolute atomic E-state index is 13.7. The van der Waals surface area contributed by atoms with Gasteiger partial charge in [-0.1, -0.05) is 0 Å². The molecule has 4 aromatic heterocycles. The van der Waals surface area contributed by atoms with Crippen molar-refractivity contribution < 1.29 is 17.6 Å². The number of pyridine rings is 1. The van der Waals surface area contributed by atoms with E-state index in [4.69, 9.17) is 5.73 Å². The highest BCUT2D eigenvalue weighted by molar-refractivity contribution is 5.88. The van der Waals surface area contributed by atoms with E-state index in [2.05, 4.69) is 25.4 Å². The van der Waals surface area contributed by atoms with Gasteiger partial charge in [-0.15, -0.1) is 5.10 Å². The molecule has 31 heavy (non-hydrogen) atoms. The molecule has 4 aromatic rings. The van der Waals surface area contributed by atoms with Crippen molar-refractivity contribution >= 4 is 28.4 Å². The summed E-state index contributed by atoms with van der Waals surface area (Å²) in [6.07, 6.45) is -2.78. The Bertz CT molecular complexity index is 1270. The summed E-state index contributed by atoms with van der Waals surface area (Å²) >= 11 is 0. The molecule has 3 N–H and O–H groups in total. The van der Waals surface area contributed by atoms with Crippen molar-refractivity contribution in [1.82, 2.24) is 29.1 Å². The van der Waals surface area contributed by atoms with E-state index < -0.39 is 18.4 Å². The average Bonchev–Trinajstić information content (AvgIpc) is 3.20. The number of halogens is 4. The first kappa shape index (κ1) is 20.8.